The first kappa shape index (κ1) is 14.4. The number of morpholine rings is 1. The number of nitrogens with zero attached hydrogens (tertiary/aromatic N) is 4. The van der Waals surface area contributed by atoms with E-state index in [1.165, 1.54) is 0 Å². The van der Waals surface area contributed by atoms with Crippen LogP contribution in [0.4, 0.5) is 0 Å². The van der Waals surface area contributed by atoms with E-state index in [1.807, 2.05) is 6.20 Å². The summed E-state index contributed by atoms with van der Waals surface area (Å²) in [7, 11) is 0. The molecule has 0 aliphatic carbocycles. The second-order valence-corrected chi connectivity index (χ2v) is 5.22. The first-order chi connectivity index (χ1) is 9.06. The molecule has 7 heteroatoms. The summed E-state index contributed by atoms with van der Waals surface area (Å²) < 4.78 is 7.24. The van der Waals surface area contributed by atoms with Crippen molar-refractivity contribution in [2.24, 2.45) is 0 Å². The van der Waals surface area contributed by atoms with Gasteiger partial charge in [0.2, 0.25) is 0 Å². The topological polar surface area (TPSA) is 83.6 Å². The number of hydrogen-bond donors (Lipinski definition) is 2. The van der Waals surface area contributed by atoms with Gasteiger partial charge in [0.05, 0.1) is 37.2 Å². The summed E-state index contributed by atoms with van der Waals surface area (Å²) in [5.74, 6) is 0. The van der Waals surface area contributed by atoms with Gasteiger partial charge in [0.1, 0.15) is 0 Å². The van der Waals surface area contributed by atoms with Crippen molar-refractivity contribution in [1.29, 1.82) is 0 Å². The first-order valence-corrected chi connectivity index (χ1v) is 6.62. The minimum Gasteiger partial charge on any atom is -0.394 e. The zero-order valence-corrected chi connectivity index (χ0v) is 11.4. The Morgan fingerprint density at radius 3 is 2.74 bits per heavy atom. The maximum Gasteiger partial charge on any atom is 0.0967 e. The molecule has 1 aliphatic rings. The molecule has 0 amide bonds. The summed E-state index contributed by atoms with van der Waals surface area (Å²) >= 11 is 0. The van der Waals surface area contributed by atoms with Crippen molar-refractivity contribution in [2.45, 2.75) is 45.2 Å². The van der Waals surface area contributed by atoms with Gasteiger partial charge in [0.25, 0.3) is 0 Å². The van der Waals surface area contributed by atoms with Crippen molar-refractivity contribution in [2.75, 3.05) is 19.7 Å². The summed E-state index contributed by atoms with van der Waals surface area (Å²) in [6.45, 7) is 6.63. The van der Waals surface area contributed by atoms with Crippen molar-refractivity contribution in [3.63, 3.8) is 0 Å². The van der Waals surface area contributed by atoms with E-state index in [4.69, 9.17) is 9.84 Å². The van der Waals surface area contributed by atoms with E-state index < -0.39 is 6.10 Å². The lowest BCUT2D eigenvalue weighted by Gasteiger charge is -2.34. The molecule has 2 heterocycles. The maximum absolute atomic E-state index is 9.35. The Hall–Kier alpha value is -1.02. The number of ether oxygens (including phenoxy) is 1. The normalized spacial score (nSPS) is 26.5. The predicted octanol–water partition coefficient (Wildman–Crippen LogP) is -0.759. The molecule has 0 aromatic carbocycles. The SMILES string of the molecule is C[C@@H]1CN(Cc2cn(CC(O)CO)nn2)C[C@H](C)O1. The molecule has 1 fully saturated rings. The average Bonchev–Trinajstić information content (AvgIpc) is 2.74. The Balaban J connectivity index is 1.89. The molecule has 19 heavy (non-hydrogen) atoms. The molecule has 2 rings (SSSR count). The quantitative estimate of drug-likeness (QED) is 0.732. The molecule has 108 valence electrons. The number of aliphatic hydroxyl groups is 2. The minimum atomic E-state index is -0.794. The second-order valence-electron chi connectivity index (χ2n) is 5.22. The molecule has 7 nitrogen and oxygen atoms in total. The van der Waals surface area contributed by atoms with Gasteiger partial charge in [-0.2, -0.15) is 0 Å². The van der Waals surface area contributed by atoms with Crippen molar-refractivity contribution >= 4 is 0 Å². The maximum atomic E-state index is 9.35. The van der Waals surface area contributed by atoms with Crippen molar-refractivity contribution in [3.8, 4) is 0 Å². The van der Waals surface area contributed by atoms with E-state index in [9.17, 15) is 5.11 Å². The fraction of sp³-hybridized carbons (Fsp3) is 0.833. The molecule has 0 radical (unpaired) electrons. The molecular formula is C12H22N4O3. The minimum absolute atomic E-state index is 0.231. The van der Waals surface area contributed by atoms with E-state index in [2.05, 4.69) is 29.1 Å². The van der Waals surface area contributed by atoms with Crippen LogP contribution >= 0.6 is 0 Å². The Kier molecular flexibility index (Phi) is 4.87. The van der Waals surface area contributed by atoms with Crippen molar-refractivity contribution in [1.82, 2.24) is 19.9 Å². The summed E-state index contributed by atoms with van der Waals surface area (Å²) in [6, 6.07) is 0. The monoisotopic (exact) mass is 270 g/mol. The van der Waals surface area contributed by atoms with Crippen LogP contribution < -0.4 is 0 Å². The molecule has 1 aliphatic heterocycles. The standard InChI is InChI=1S/C12H22N4O3/c1-9-3-15(4-10(2)19-9)5-11-6-16(14-13-11)7-12(18)8-17/h6,9-10,12,17-18H,3-5,7-8H2,1-2H3/t9-,10+,12?. The molecule has 3 atom stereocenters. The smallest absolute Gasteiger partial charge is 0.0967 e. The van der Waals surface area contributed by atoms with E-state index in [-0.39, 0.29) is 25.4 Å². The Bertz CT molecular complexity index is 388. The largest absolute Gasteiger partial charge is 0.394 e. The summed E-state index contributed by atoms with van der Waals surface area (Å²) in [6.07, 6.45) is 1.48. The molecule has 0 bridgehead atoms. The van der Waals surface area contributed by atoms with Gasteiger partial charge in [-0.1, -0.05) is 5.21 Å². The highest BCUT2D eigenvalue weighted by atomic mass is 16.5. The van der Waals surface area contributed by atoms with E-state index >= 15 is 0 Å². The van der Waals surface area contributed by atoms with E-state index in [1.54, 1.807) is 4.68 Å². The number of aliphatic hydroxyl groups excluding tert-OH is 2. The summed E-state index contributed by atoms with van der Waals surface area (Å²) in [5.41, 5.74) is 0.867. The predicted molar refractivity (Wildman–Crippen MR) is 68.4 cm³/mol. The fourth-order valence-electron chi connectivity index (χ4n) is 2.42. The molecule has 0 saturated carbocycles. The Morgan fingerprint density at radius 2 is 2.11 bits per heavy atom. The molecular weight excluding hydrogens is 248 g/mol. The van der Waals surface area contributed by atoms with Crippen LogP contribution in [-0.2, 0) is 17.8 Å². The van der Waals surface area contributed by atoms with Crippen LogP contribution in [0.2, 0.25) is 0 Å². The molecule has 1 aromatic rings. The van der Waals surface area contributed by atoms with Crippen LogP contribution in [0.5, 0.6) is 0 Å². The van der Waals surface area contributed by atoms with Gasteiger partial charge in [-0.05, 0) is 13.8 Å². The van der Waals surface area contributed by atoms with Gasteiger partial charge in [0, 0.05) is 25.8 Å². The first-order valence-electron chi connectivity index (χ1n) is 6.62. The van der Waals surface area contributed by atoms with Crippen LogP contribution in [0.1, 0.15) is 19.5 Å². The van der Waals surface area contributed by atoms with Gasteiger partial charge in [-0.15, -0.1) is 5.10 Å². The third-order valence-electron chi connectivity index (χ3n) is 3.08. The highest BCUT2D eigenvalue weighted by Crippen LogP contribution is 2.12. The van der Waals surface area contributed by atoms with E-state index in [0.717, 1.165) is 25.3 Å². The van der Waals surface area contributed by atoms with Crippen LogP contribution in [0, 0.1) is 0 Å². The summed E-state index contributed by atoms with van der Waals surface area (Å²) in [5, 5.41) is 26.2. The highest BCUT2D eigenvalue weighted by Gasteiger charge is 2.22. The zero-order valence-electron chi connectivity index (χ0n) is 11.4. The third-order valence-corrected chi connectivity index (χ3v) is 3.08. The molecule has 1 saturated heterocycles. The van der Waals surface area contributed by atoms with Crippen LogP contribution in [0.25, 0.3) is 0 Å². The van der Waals surface area contributed by atoms with Gasteiger partial charge < -0.3 is 14.9 Å². The molecule has 0 spiro atoms. The van der Waals surface area contributed by atoms with Gasteiger partial charge in [-0.3, -0.25) is 4.90 Å². The number of hydrogen-bond acceptors (Lipinski definition) is 6. The molecule has 2 N–H and O–H groups in total. The zero-order chi connectivity index (χ0) is 13.8. The third kappa shape index (κ3) is 4.24. The van der Waals surface area contributed by atoms with Gasteiger partial charge in [0.15, 0.2) is 0 Å². The van der Waals surface area contributed by atoms with Crippen molar-refractivity contribution < 1.29 is 14.9 Å². The lowest BCUT2D eigenvalue weighted by Crippen LogP contribution is -2.44. The highest BCUT2D eigenvalue weighted by molar-refractivity contribution is 4.93. The second kappa shape index (κ2) is 6.42. The number of aromatic nitrogens is 3. The van der Waals surface area contributed by atoms with Gasteiger partial charge >= 0.3 is 0 Å². The van der Waals surface area contributed by atoms with Crippen molar-refractivity contribution in [3.05, 3.63) is 11.9 Å². The Morgan fingerprint density at radius 1 is 1.42 bits per heavy atom. The summed E-state index contributed by atoms with van der Waals surface area (Å²) in [4.78, 5) is 2.29. The lowest BCUT2D eigenvalue weighted by molar-refractivity contribution is -0.0707. The Labute approximate surface area is 112 Å². The van der Waals surface area contributed by atoms with Crippen LogP contribution in [0.15, 0.2) is 6.20 Å². The van der Waals surface area contributed by atoms with Crippen LogP contribution in [0.3, 0.4) is 0 Å². The fourth-order valence-corrected chi connectivity index (χ4v) is 2.42. The lowest BCUT2D eigenvalue weighted by atomic mass is 10.2. The van der Waals surface area contributed by atoms with E-state index in [0.29, 0.717) is 0 Å². The van der Waals surface area contributed by atoms with Crippen LogP contribution in [-0.4, -0.2) is 68.1 Å². The van der Waals surface area contributed by atoms with Gasteiger partial charge in [-0.25, -0.2) is 4.68 Å². The molecule has 1 aromatic heterocycles. The number of rotatable bonds is 5. The molecule has 1 unspecified atom stereocenters. The average molecular weight is 270 g/mol.